The molecule has 0 fully saturated rings. The summed E-state index contributed by atoms with van der Waals surface area (Å²) in [6.45, 7) is 1.99. The monoisotopic (exact) mass is 315 g/mol. The molecule has 1 aliphatic rings. The van der Waals surface area contributed by atoms with Crippen LogP contribution in [0.5, 0.6) is 0 Å². The summed E-state index contributed by atoms with van der Waals surface area (Å²) in [6.07, 6.45) is 4.65. The molecule has 2 N–H and O–H groups in total. The Bertz CT molecular complexity index is 903. The number of hydrogen-bond donors (Lipinski definition) is 2. The molecule has 0 saturated heterocycles. The normalized spacial score (nSPS) is 12.0. The highest BCUT2D eigenvalue weighted by Gasteiger charge is 2.09. The molecule has 3 aromatic rings. The maximum absolute atomic E-state index is 4.58. The quantitative estimate of drug-likeness (QED) is 0.742. The van der Waals surface area contributed by atoms with Crippen molar-refractivity contribution in [3.05, 3.63) is 65.9 Å². The number of nitrogens with one attached hydrogen (secondary N) is 2. The van der Waals surface area contributed by atoms with Crippen LogP contribution in [0.2, 0.25) is 0 Å². The third kappa shape index (κ3) is 2.96. The van der Waals surface area contributed by atoms with Crippen molar-refractivity contribution in [2.45, 2.75) is 13.3 Å². The van der Waals surface area contributed by atoms with Gasteiger partial charge in [0.2, 0.25) is 5.95 Å². The van der Waals surface area contributed by atoms with E-state index in [0.717, 1.165) is 34.9 Å². The van der Waals surface area contributed by atoms with Gasteiger partial charge in [-0.3, -0.25) is 4.99 Å². The highest BCUT2D eigenvalue weighted by molar-refractivity contribution is 5.78. The number of benzene rings is 2. The van der Waals surface area contributed by atoms with Crippen molar-refractivity contribution in [3.8, 4) is 0 Å². The van der Waals surface area contributed by atoms with E-state index in [-0.39, 0.29) is 0 Å². The van der Waals surface area contributed by atoms with E-state index in [2.05, 4.69) is 31.7 Å². The predicted octanol–water partition coefficient (Wildman–Crippen LogP) is 4.53. The predicted molar refractivity (Wildman–Crippen MR) is 98.1 cm³/mol. The summed E-state index contributed by atoms with van der Waals surface area (Å²) in [6, 6.07) is 16.1. The Balaban J connectivity index is 1.58. The van der Waals surface area contributed by atoms with E-state index in [1.165, 1.54) is 5.56 Å². The third-order valence-corrected chi connectivity index (χ3v) is 3.89. The maximum Gasteiger partial charge on any atom is 0.229 e. The molecule has 0 amide bonds. The van der Waals surface area contributed by atoms with Gasteiger partial charge in [-0.1, -0.05) is 24.3 Å². The van der Waals surface area contributed by atoms with Crippen molar-refractivity contribution in [2.24, 2.45) is 4.99 Å². The molecule has 0 saturated carbocycles. The van der Waals surface area contributed by atoms with E-state index in [1.807, 2.05) is 61.8 Å². The lowest BCUT2D eigenvalue weighted by Gasteiger charge is -2.11. The van der Waals surface area contributed by atoms with E-state index in [9.17, 15) is 0 Å². The summed E-state index contributed by atoms with van der Waals surface area (Å²) < 4.78 is 0. The molecule has 0 unspecified atom stereocenters. The van der Waals surface area contributed by atoms with E-state index in [1.54, 1.807) is 0 Å². The largest absolute Gasteiger partial charge is 0.340 e. The molecule has 5 nitrogen and oxygen atoms in total. The second-order valence-corrected chi connectivity index (χ2v) is 5.70. The molecule has 1 aromatic heterocycles. The number of aromatic nitrogens is 2. The molecule has 0 bridgehead atoms. The number of aryl methyl sites for hydroxylation is 1. The Morgan fingerprint density at radius 1 is 0.958 bits per heavy atom. The first-order valence-electron chi connectivity index (χ1n) is 7.86. The summed E-state index contributed by atoms with van der Waals surface area (Å²) in [5.41, 5.74) is 5.17. The summed E-state index contributed by atoms with van der Waals surface area (Å²) in [5.74, 6) is 1.35. The number of nitrogens with zero attached hydrogens (tertiary/aromatic N) is 3. The van der Waals surface area contributed by atoms with Crippen molar-refractivity contribution in [2.75, 3.05) is 10.6 Å². The van der Waals surface area contributed by atoms with Gasteiger partial charge < -0.3 is 10.6 Å². The molecule has 2 aromatic carbocycles. The van der Waals surface area contributed by atoms with Crippen LogP contribution >= 0.6 is 0 Å². The molecule has 1 aliphatic heterocycles. The molecule has 0 atom stereocenters. The standard InChI is InChI=1S/C19H17N5/c1-13-12-21-19(24-18(13)22-15-5-3-2-4-6-15)23-16-8-7-14-9-10-20-17(14)11-16/h2-8,10-12H,9H2,1H3,(H2,21,22,23,24). The fourth-order valence-corrected chi connectivity index (χ4v) is 2.59. The molecular formula is C19H17N5. The van der Waals surface area contributed by atoms with Gasteiger partial charge in [-0.05, 0) is 36.8 Å². The van der Waals surface area contributed by atoms with E-state index < -0.39 is 0 Å². The van der Waals surface area contributed by atoms with Crippen LogP contribution in [-0.4, -0.2) is 16.2 Å². The maximum atomic E-state index is 4.58. The van der Waals surface area contributed by atoms with Gasteiger partial charge in [0.25, 0.3) is 0 Å². The van der Waals surface area contributed by atoms with Crippen LogP contribution in [0.1, 0.15) is 11.1 Å². The number of para-hydroxylation sites is 1. The van der Waals surface area contributed by atoms with Gasteiger partial charge in [-0.25, -0.2) is 4.98 Å². The van der Waals surface area contributed by atoms with E-state index >= 15 is 0 Å². The molecule has 0 aliphatic carbocycles. The number of aliphatic imine (C=N–C) groups is 1. The highest BCUT2D eigenvalue weighted by Crippen LogP contribution is 2.29. The minimum atomic E-state index is 0.556. The molecule has 118 valence electrons. The second-order valence-electron chi connectivity index (χ2n) is 5.70. The van der Waals surface area contributed by atoms with Gasteiger partial charge in [-0.15, -0.1) is 0 Å². The van der Waals surface area contributed by atoms with Crippen molar-refractivity contribution in [1.29, 1.82) is 0 Å². The fourth-order valence-electron chi connectivity index (χ4n) is 2.59. The lowest BCUT2D eigenvalue weighted by molar-refractivity contribution is 1.13. The Kier molecular flexibility index (Phi) is 3.67. The van der Waals surface area contributed by atoms with Crippen molar-refractivity contribution in [3.63, 3.8) is 0 Å². The van der Waals surface area contributed by atoms with Crippen LogP contribution in [0, 0.1) is 6.92 Å². The number of fused-ring (bicyclic) bond motifs is 1. The summed E-state index contributed by atoms with van der Waals surface area (Å²) in [5, 5.41) is 6.58. The SMILES string of the molecule is Cc1cnc(Nc2ccc3c(c2)N=CC3)nc1Nc1ccccc1. The molecule has 5 heteroatoms. The first-order chi connectivity index (χ1) is 11.8. The van der Waals surface area contributed by atoms with Crippen LogP contribution in [0.25, 0.3) is 0 Å². The Labute approximate surface area is 140 Å². The minimum absolute atomic E-state index is 0.556. The average Bonchev–Trinajstić information content (AvgIpc) is 3.06. The Hall–Kier alpha value is -3.21. The molecular weight excluding hydrogens is 298 g/mol. The second kappa shape index (κ2) is 6.12. The van der Waals surface area contributed by atoms with Crippen molar-refractivity contribution in [1.82, 2.24) is 9.97 Å². The van der Waals surface area contributed by atoms with E-state index in [4.69, 9.17) is 0 Å². The van der Waals surface area contributed by atoms with Gasteiger partial charge >= 0.3 is 0 Å². The van der Waals surface area contributed by atoms with Gasteiger partial charge in [0.15, 0.2) is 0 Å². The van der Waals surface area contributed by atoms with Crippen LogP contribution in [0.3, 0.4) is 0 Å². The van der Waals surface area contributed by atoms with Crippen LogP contribution in [0.15, 0.2) is 59.7 Å². The summed E-state index contributed by atoms with van der Waals surface area (Å²) >= 11 is 0. The molecule has 2 heterocycles. The van der Waals surface area contributed by atoms with E-state index in [0.29, 0.717) is 5.95 Å². The van der Waals surface area contributed by atoms with Gasteiger partial charge in [-0.2, -0.15) is 4.98 Å². The zero-order chi connectivity index (χ0) is 16.4. The topological polar surface area (TPSA) is 62.2 Å². The highest BCUT2D eigenvalue weighted by atomic mass is 15.1. The summed E-state index contributed by atoms with van der Waals surface area (Å²) in [4.78, 5) is 13.3. The van der Waals surface area contributed by atoms with Crippen LogP contribution in [0.4, 0.5) is 28.8 Å². The lowest BCUT2D eigenvalue weighted by Crippen LogP contribution is -2.02. The summed E-state index contributed by atoms with van der Waals surface area (Å²) in [7, 11) is 0. The first kappa shape index (κ1) is 14.4. The number of hydrogen-bond acceptors (Lipinski definition) is 5. The van der Waals surface area contributed by atoms with Gasteiger partial charge in [0.05, 0.1) is 5.69 Å². The van der Waals surface area contributed by atoms with Gasteiger partial charge in [0, 0.05) is 35.8 Å². The smallest absolute Gasteiger partial charge is 0.229 e. The number of rotatable bonds is 4. The average molecular weight is 315 g/mol. The number of anilines is 4. The molecule has 0 radical (unpaired) electrons. The lowest BCUT2D eigenvalue weighted by atomic mass is 10.1. The first-order valence-corrected chi connectivity index (χ1v) is 7.86. The molecule has 0 spiro atoms. The van der Waals surface area contributed by atoms with Crippen molar-refractivity contribution >= 4 is 35.0 Å². The molecule has 4 rings (SSSR count). The van der Waals surface area contributed by atoms with Crippen LogP contribution in [-0.2, 0) is 6.42 Å². The zero-order valence-electron chi connectivity index (χ0n) is 13.3. The Morgan fingerprint density at radius 3 is 2.71 bits per heavy atom. The Morgan fingerprint density at radius 2 is 1.83 bits per heavy atom. The van der Waals surface area contributed by atoms with Crippen molar-refractivity contribution < 1.29 is 0 Å². The molecule has 24 heavy (non-hydrogen) atoms. The fraction of sp³-hybridized carbons (Fsp3) is 0.105. The zero-order valence-corrected chi connectivity index (χ0v) is 13.3. The third-order valence-electron chi connectivity index (χ3n) is 3.89. The minimum Gasteiger partial charge on any atom is -0.340 e. The van der Waals surface area contributed by atoms with Gasteiger partial charge in [0.1, 0.15) is 5.82 Å². The van der Waals surface area contributed by atoms with Crippen LogP contribution < -0.4 is 10.6 Å².